The van der Waals surface area contributed by atoms with E-state index in [-0.39, 0.29) is 0 Å². The third-order valence-electron chi connectivity index (χ3n) is 3.79. The average molecular weight is 310 g/mol. The molecule has 1 aliphatic heterocycles. The summed E-state index contributed by atoms with van der Waals surface area (Å²) in [6, 6.07) is 16.3. The van der Waals surface area contributed by atoms with Gasteiger partial charge in [-0.25, -0.2) is 0 Å². The number of morpholine rings is 1. The first-order chi connectivity index (χ1) is 11.4. The fraction of sp³-hybridized carbons (Fsp3) is 0.316. The van der Waals surface area contributed by atoms with Crippen LogP contribution in [-0.2, 0) is 4.74 Å². The van der Waals surface area contributed by atoms with Crippen molar-refractivity contribution >= 4 is 17.6 Å². The van der Waals surface area contributed by atoms with Crippen LogP contribution >= 0.6 is 0 Å². The van der Waals surface area contributed by atoms with Gasteiger partial charge in [0.1, 0.15) is 11.4 Å². The fourth-order valence-electron chi connectivity index (χ4n) is 2.58. The molecule has 4 heteroatoms. The maximum atomic E-state index is 5.59. The Morgan fingerprint density at radius 3 is 2.57 bits per heavy atom. The van der Waals surface area contributed by atoms with Crippen LogP contribution in [0.4, 0.5) is 11.4 Å². The highest BCUT2D eigenvalue weighted by molar-refractivity contribution is 5.83. The average Bonchev–Trinajstić information content (AvgIpc) is 2.62. The predicted octanol–water partition coefficient (Wildman–Crippen LogP) is 3.67. The molecule has 0 N–H and O–H groups in total. The predicted molar refractivity (Wildman–Crippen MR) is 94.3 cm³/mol. The van der Waals surface area contributed by atoms with Crippen molar-refractivity contribution in [3.8, 4) is 5.75 Å². The molecule has 0 amide bonds. The summed E-state index contributed by atoms with van der Waals surface area (Å²) in [4.78, 5) is 6.90. The van der Waals surface area contributed by atoms with Gasteiger partial charge in [-0.05, 0) is 36.8 Å². The van der Waals surface area contributed by atoms with Crippen LogP contribution in [0.5, 0.6) is 5.75 Å². The summed E-state index contributed by atoms with van der Waals surface area (Å²) >= 11 is 0. The Morgan fingerprint density at radius 1 is 1.09 bits per heavy atom. The maximum Gasteiger partial charge on any atom is 0.144 e. The molecule has 1 fully saturated rings. The van der Waals surface area contributed by atoms with Crippen LogP contribution in [0.2, 0.25) is 0 Å². The van der Waals surface area contributed by atoms with Crippen LogP contribution in [0.15, 0.2) is 53.5 Å². The van der Waals surface area contributed by atoms with Crippen molar-refractivity contribution in [1.82, 2.24) is 0 Å². The van der Waals surface area contributed by atoms with Gasteiger partial charge in [0.25, 0.3) is 0 Å². The lowest BCUT2D eigenvalue weighted by Crippen LogP contribution is -2.36. The van der Waals surface area contributed by atoms with Crippen LogP contribution in [-0.4, -0.2) is 39.1 Å². The third-order valence-corrected chi connectivity index (χ3v) is 3.79. The Hall–Kier alpha value is -2.33. The number of aliphatic imine (C=N–C) groups is 1. The van der Waals surface area contributed by atoms with E-state index in [0.717, 1.165) is 43.3 Å². The monoisotopic (exact) mass is 310 g/mol. The molecule has 0 bridgehead atoms. The summed E-state index contributed by atoms with van der Waals surface area (Å²) in [6.07, 6.45) is 1.88. The number of hydrogen-bond acceptors (Lipinski definition) is 4. The second kappa shape index (κ2) is 7.79. The van der Waals surface area contributed by atoms with Gasteiger partial charge < -0.3 is 14.4 Å². The lowest BCUT2D eigenvalue weighted by atomic mass is 10.2. The minimum atomic E-state index is 0.640. The van der Waals surface area contributed by atoms with E-state index >= 15 is 0 Å². The molecule has 0 radical (unpaired) electrons. The second-order valence-corrected chi connectivity index (χ2v) is 5.35. The molecule has 0 atom stereocenters. The first kappa shape index (κ1) is 15.6. The van der Waals surface area contributed by atoms with Crippen LogP contribution in [0.25, 0.3) is 0 Å². The van der Waals surface area contributed by atoms with Gasteiger partial charge in [-0.1, -0.05) is 24.3 Å². The molecular formula is C19H22N2O2. The second-order valence-electron chi connectivity index (χ2n) is 5.35. The molecule has 2 aromatic carbocycles. The molecule has 2 aromatic rings. The van der Waals surface area contributed by atoms with Gasteiger partial charge in [0.05, 0.1) is 19.8 Å². The number of ether oxygens (including phenoxy) is 2. The number of benzene rings is 2. The number of anilines is 1. The lowest BCUT2D eigenvalue weighted by molar-refractivity contribution is 0.122. The Balaban J connectivity index is 1.70. The zero-order valence-corrected chi connectivity index (χ0v) is 13.4. The number of para-hydroxylation sites is 2. The van der Waals surface area contributed by atoms with Gasteiger partial charge in [-0.2, -0.15) is 0 Å². The third kappa shape index (κ3) is 4.11. The summed E-state index contributed by atoms with van der Waals surface area (Å²) < 4.78 is 11.0. The Labute approximate surface area is 137 Å². The zero-order valence-electron chi connectivity index (χ0n) is 13.4. The SMILES string of the molecule is CCOc1ccccc1N=Cc1ccc(N2CCOCC2)cc1. The Morgan fingerprint density at radius 2 is 1.83 bits per heavy atom. The molecule has 1 aliphatic rings. The molecule has 0 aromatic heterocycles. The molecular weight excluding hydrogens is 288 g/mol. The van der Waals surface area contributed by atoms with Gasteiger partial charge in [0, 0.05) is 25.0 Å². The van der Waals surface area contributed by atoms with E-state index in [4.69, 9.17) is 9.47 Å². The Kier molecular flexibility index (Phi) is 5.27. The van der Waals surface area contributed by atoms with Crippen molar-refractivity contribution < 1.29 is 9.47 Å². The van der Waals surface area contributed by atoms with Gasteiger partial charge in [0.2, 0.25) is 0 Å². The molecule has 0 saturated carbocycles. The molecule has 3 rings (SSSR count). The standard InChI is InChI=1S/C19H22N2O2/c1-2-23-19-6-4-3-5-18(19)20-15-16-7-9-17(10-8-16)21-11-13-22-14-12-21/h3-10,15H,2,11-14H2,1H3. The van der Waals surface area contributed by atoms with Crippen molar-refractivity contribution in [1.29, 1.82) is 0 Å². The van der Waals surface area contributed by atoms with Crippen molar-refractivity contribution in [3.05, 3.63) is 54.1 Å². The first-order valence-electron chi connectivity index (χ1n) is 8.05. The van der Waals surface area contributed by atoms with E-state index in [0.29, 0.717) is 6.61 Å². The molecule has 1 saturated heterocycles. The fourth-order valence-corrected chi connectivity index (χ4v) is 2.58. The molecule has 0 unspecified atom stereocenters. The lowest BCUT2D eigenvalue weighted by Gasteiger charge is -2.28. The highest BCUT2D eigenvalue weighted by atomic mass is 16.5. The number of rotatable bonds is 5. The first-order valence-corrected chi connectivity index (χ1v) is 8.05. The zero-order chi connectivity index (χ0) is 15.9. The smallest absolute Gasteiger partial charge is 0.144 e. The van der Waals surface area contributed by atoms with Crippen LogP contribution in [0.3, 0.4) is 0 Å². The Bertz CT molecular complexity index is 647. The van der Waals surface area contributed by atoms with Gasteiger partial charge in [0.15, 0.2) is 0 Å². The maximum absolute atomic E-state index is 5.59. The minimum absolute atomic E-state index is 0.640. The molecule has 0 aliphatic carbocycles. The van der Waals surface area contributed by atoms with E-state index in [2.05, 4.69) is 34.2 Å². The van der Waals surface area contributed by atoms with Crippen LogP contribution in [0.1, 0.15) is 12.5 Å². The summed E-state index contributed by atoms with van der Waals surface area (Å²) in [6.45, 7) is 6.13. The van der Waals surface area contributed by atoms with E-state index in [1.54, 1.807) is 0 Å². The highest BCUT2D eigenvalue weighted by Crippen LogP contribution is 2.26. The summed E-state index contributed by atoms with van der Waals surface area (Å²) in [5, 5.41) is 0. The highest BCUT2D eigenvalue weighted by Gasteiger charge is 2.10. The van der Waals surface area contributed by atoms with Crippen molar-refractivity contribution in [3.63, 3.8) is 0 Å². The number of hydrogen-bond donors (Lipinski definition) is 0. The molecule has 120 valence electrons. The van der Waals surface area contributed by atoms with Crippen molar-refractivity contribution in [2.24, 2.45) is 4.99 Å². The van der Waals surface area contributed by atoms with Gasteiger partial charge in [-0.15, -0.1) is 0 Å². The minimum Gasteiger partial charge on any atom is -0.492 e. The van der Waals surface area contributed by atoms with Crippen LogP contribution < -0.4 is 9.64 Å². The van der Waals surface area contributed by atoms with E-state index < -0.39 is 0 Å². The van der Waals surface area contributed by atoms with E-state index in [1.807, 2.05) is 37.4 Å². The normalized spacial score (nSPS) is 15.1. The summed E-state index contributed by atoms with van der Waals surface area (Å²) in [5.74, 6) is 0.816. The molecule has 4 nitrogen and oxygen atoms in total. The van der Waals surface area contributed by atoms with Crippen molar-refractivity contribution in [2.45, 2.75) is 6.92 Å². The quantitative estimate of drug-likeness (QED) is 0.790. The van der Waals surface area contributed by atoms with E-state index in [1.165, 1.54) is 5.69 Å². The molecule has 23 heavy (non-hydrogen) atoms. The molecule has 0 spiro atoms. The van der Waals surface area contributed by atoms with E-state index in [9.17, 15) is 0 Å². The number of nitrogens with zero attached hydrogens (tertiary/aromatic N) is 2. The van der Waals surface area contributed by atoms with Gasteiger partial charge in [-0.3, -0.25) is 4.99 Å². The molecule has 1 heterocycles. The van der Waals surface area contributed by atoms with Gasteiger partial charge >= 0.3 is 0 Å². The largest absolute Gasteiger partial charge is 0.492 e. The topological polar surface area (TPSA) is 34.1 Å². The summed E-state index contributed by atoms with van der Waals surface area (Å²) in [5.41, 5.74) is 3.17. The van der Waals surface area contributed by atoms with Crippen molar-refractivity contribution in [2.75, 3.05) is 37.8 Å². The van der Waals surface area contributed by atoms with Crippen LogP contribution in [0, 0.1) is 0 Å². The summed E-state index contributed by atoms with van der Waals surface area (Å²) in [7, 11) is 0.